The number of rotatable bonds is 5. The molecule has 0 radical (unpaired) electrons. The van der Waals surface area contributed by atoms with Gasteiger partial charge >= 0.3 is 0 Å². The Morgan fingerprint density at radius 3 is 2.32 bits per heavy atom. The molecule has 1 heterocycles. The summed E-state index contributed by atoms with van der Waals surface area (Å²) in [6, 6.07) is 7.46. The summed E-state index contributed by atoms with van der Waals surface area (Å²) < 4.78 is 0. The van der Waals surface area contributed by atoms with E-state index in [9.17, 15) is 0 Å². The van der Waals surface area contributed by atoms with Crippen molar-refractivity contribution in [3.63, 3.8) is 0 Å². The topological polar surface area (TPSA) is 15.3 Å². The van der Waals surface area contributed by atoms with Gasteiger partial charge in [0.1, 0.15) is 0 Å². The fourth-order valence-corrected chi connectivity index (χ4v) is 3.08. The molecule has 1 N–H and O–H groups in total. The van der Waals surface area contributed by atoms with Crippen LogP contribution >= 0.6 is 0 Å². The van der Waals surface area contributed by atoms with Crippen LogP contribution in [-0.4, -0.2) is 30.6 Å². The van der Waals surface area contributed by atoms with Gasteiger partial charge < -0.3 is 5.32 Å². The van der Waals surface area contributed by atoms with Gasteiger partial charge in [-0.25, -0.2) is 0 Å². The van der Waals surface area contributed by atoms with Crippen molar-refractivity contribution in [1.29, 1.82) is 0 Å². The molecular weight excluding hydrogens is 232 g/mol. The predicted molar refractivity (Wildman–Crippen MR) is 82.5 cm³/mol. The van der Waals surface area contributed by atoms with Crippen molar-refractivity contribution >= 4 is 0 Å². The summed E-state index contributed by atoms with van der Waals surface area (Å²) in [5.41, 5.74) is 4.13. The lowest BCUT2D eigenvalue weighted by Gasteiger charge is -2.32. The Hall–Kier alpha value is -0.860. The molecule has 19 heavy (non-hydrogen) atoms. The van der Waals surface area contributed by atoms with Crippen LogP contribution in [0.1, 0.15) is 42.9 Å². The first-order valence-corrected chi connectivity index (χ1v) is 7.67. The van der Waals surface area contributed by atoms with Crippen molar-refractivity contribution in [3.8, 4) is 0 Å². The smallest absolute Gasteiger partial charge is 0.0206 e. The van der Waals surface area contributed by atoms with Gasteiger partial charge in [-0.15, -0.1) is 0 Å². The summed E-state index contributed by atoms with van der Waals surface area (Å²) in [6.45, 7) is 11.3. The van der Waals surface area contributed by atoms with Gasteiger partial charge in [-0.1, -0.05) is 35.7 Å². The van der Waals surface area contributed by atoms with Crippen molar-refractivity contribution in [2.24, 2.45) is 0 Å². The molecule has 0 aliphatic carbocycles. The number of nitrogens with zero attached hydrogens (tertiary/aromatic N) is 1. The Bertz CT molecular complexity index is 374. The van der Waals surface area contributed by atoms with Gasteiger partial charge in [0.05, 0.1) is 0 Å². The zero-order valence-electron chi connectivity index (χ0n) is 12.7. The predicted octanol–water partition coefficient (Wildman–Crippen LogP) is 3.27. The monoisotopic (exact) mass is 260 g/mol. The molecule has 2 nitrogen and oxygen atoms in total. The Kier molecular flexibility index (Phi) is 5.41. The second-order valence-corrected chi connectivity index (χ2v) is 6.07. The zero-order chi connectivity index (χ0) is 13.7. The average molecular weight is 260 g/mol. The third-order valence-electron chi connectivity index (χ3n) is 4.06. The van der Waals surface area contributed by atoms with Gasteiger partial charge in [-0.2, -0.15) is 0 Å². The van der Waals surface area contributed by atoms with E-state index in [0.717, 1.165) is 13.1 Å². The van der Waals surface area contributed by atoms with E-state index in [1.165, 1.54) is 49.0 Å². The van der Waals surface area contributed by atoms with Crippen LogP contribution in [0.3, 0.4) is 0 Å². The second-order valence-electron chi connectivity index (χ2n) is 6.07. The van der Waals surface area contributed by atoms with Crippen molar-refractivity contribution in [3.05, 3.63) is 34.9 Å². The zero-order valence-corrected chi connectivity index (χ0v) is 12.7. The van der Waals surface area contributed by atoms with E-state index in [2.05, 4.69) is 49.2 Å². The minimum absolute atomic E-state index is 0.659. The van der Waals surface area contributed by atoms with E-state index in [4.69, 9.17) is 0 Å². The minimum atomic E-state index is 0.659. The minimum Gasteiger partial charge on any atom is -0.311 e. The number of benzene rings is 1. The molecule has 1 atom stereocenters. The molecule has 0 saturated carbocycles. The second kappa shape index (κ2) is 7.06. The third-order valence-corrected chi connectivity index (χ3v) is 4.06. The molecule has 1 unspecified atom stereocenters. The molecule has 2 heteroatoms. The molecule has 1 aliphatic rings. The Labute approximate surface area is 118 Å². The SMILES string of the molecule is Cc1cc(C)cc(CNCC(C)N2CCCCC2)c1. The van der Waals surface area contributed by atoms with Gasteiger partial charge in [0.2, 0.25) is 0 Å². The molecule has 1 aromatic rings. The quantitative estimate of drug-likeness (QED) is 0.874. The molecule has 2 rings (SSSR count). The van der Waals surface area contributed by atoms with Crippen molar-refractivity contribution in [1.82, 2.24) is 10.2 Å². The van der Waals surface area contributed by atoms with E-state index in [-0.39, 0.29) is 0 Å². The number of hydrogen-bond acceptors (Lipinski definition) is 2. The molecule has 1 aliphatic heterocycles. The molecule has 1 aromatic carbocycles. The largest absolute Gasteiger partial charge is 0.311 e. The summed E-state index contributed by atoms with van der Waals surface area (Å²) in [4.78, 5) is 2.62. The maximum absolute atomic E-state index is 3.61. The molecule has 0 bridgehead atoms. The lowest BCUT2D eigenvalue weighted by atomic mass is 10.1. The standard InChI is InChI=1S/C17H28N2/c1-14-9-15(2)11-17(10-14)13-18-12-16(3)19-7-5-4-6-8-19/h9-11,16,18H,4-8,12-13H2,1-3H3. The first-order valence-electron chi connectivity index (χ1n) is 7.67. The molecule has 1 saturated heterocycles. The number of piperidine rings is 1. The first-order chi connectivity index (χ1) is 9.15. The molecule has 106 valence electrons. The van der Waals surface area contributed by atoms with Gasteiger partial charge in [0, 0.05) is 19.1 Å². The van der Waals surface area contributed by atoms with E-state index >= 15 is 0 Å². The van der Waals surface area contributed by atoms with E-state index < -0.39 is 0 Å². The van der Waals surface area contributed by atoms with E-state index in [1.807, 2.05) is 0 Å². The van der Waals surface area contributed by atoms with Gasteiger partial charge in [-0.3, -0.25) is 4.90 Å². The van der Waals surface area contributed by atoms with Gasteiger partial charge in [0.25, 0.3) is 0 Å². The molecule has 0 spiro atoms. The summed E-state index contributed by atoms with van der Waals surface area (Å²) >= 11 is 0. The normalized spacial score (nSPS) is 18.5. The van der Waals surface area contributed by atoms with Crippen LogP contribution in [0, 0.1) is 13.8 Å². The maximum atomic E-state index is 3.61. The van der Waals surface area contributed by atoms with Crippen molar-refractivity contribution < 1.29 is 0 Å². The number of hydrogen-bond donors (Lipinski definition) is 1. The van der Waals surface area contributed by atoms with Crippen LogP contribution in [0.25, 0.3) is 0 Å². The number of aryl methyl sites for hydroxylation is 2. The van der Waals surface area contributed by atoms with Crippen LogP contribution in [0.5, 0.6) is 0 Å². The van der Waals surface area contributed by atoms with Crippen molar-refractivity contribution in [2.45, 2.75) is 52.6 Å². The Morgan fingerprint density at radius 2 is 1.68 bits per heavy atom. The highest BCUT2D eigenvalue weighted by Crippen LogP contribution is 2.12. The fourth-order valence-electron chi connectivity index (χ4n) is 3.08. The highest BCUT2D eigenvalue weighted by atomic mass is 15.2. The lowest BCUT2D eigenvalue weighted by Crippen LogP contribution is -2.42. The van der Waals surface area contributed by atoms with E-state index in [1.54, 1.807) is 0 Å². The Morgan fingerprint density at radius 1 is 1.05 bits per heavy atom. The maximum Gasteiger partial charge on any atom is 0.0206 e. The first kappa shape index (κ1) is 14.5. The van der Waals surface area contributed by atoms with Gasteiger partial charge in [0.15, 0.2) is 0 Å². The van der Waals surface area contributed by atoms with E-state index in [0.29, 0.717) is 6.04 Å². The highest BCUT2D eigenvalue weighted by molar-refractivity contribution is 5.28. The Balaban J connectivity index is 1.76. The van der Waals surface area contributed by atoms with Crippen LogP contribution in [0.15, 0.2) is 18.2 Å². The summed E-state index contributed by atoms with van der Waals surface area (Å²) in [7, 11) is 0. The lowest BCUT2D eigenvalue weighted by molar-refractivity contribution is 0.170. The van der Waals surface area contributed by atoms with Crippen LogP contribution < -0.4 is 5.32 Å². The molecule has 0 aromatic heterocycles. The van der Waals surface area contributed by atoms with Crippen LogP contribution in [-0.2, 0) is 6.54 Å². The van der Waals surface area contributed by atoms with Crippen molar-refractivity contribution in [2.75, 3.05) is 19.6 Å². The summed E-state index contributed by atoms with van der Waals surface area (Å²) in [5, 5.41) is 3.61. The van der Waals surface area contributed by atoms with Gasteiger partial charge in [-0.05, 0) is 52.3 Å². The molecule has 1 fully saturated rings. The molecular formula is C17H28N2. The van der Waals surface area contributed by atoms with Crippen LogP contribution in [0.4, 0.5) is 0 Å². The molecule has 0 amide bonds. The summed E-state index contributed by atoms with van der Waals surface area (Å²) in [5.74, 6) is 0. The average Bonchev–Trinajstić information content (AvgIpc) is 2.38. The highest BCUT2D eigenvalue weighted by Gasteiger charge is 2.15. The summed E-state index contributed by atoms with van der Waals surface area (Å²) in [6.07, 6.45) is 4.17. The van der Waals surface area contributed by atoms with Crippen LogP contribution in [0.2, 0.25) is 0 Å². The number of likely N-dealkylation sites (tertiary alicyclic amines) is 1. The number of nitrogens with one attached hydrogen (secondary N) is 1. The third kappa shape index (κ3) is 4.63. The fraction of sp³-hybridized carbons (Fsp3) is 0.647.